The molecule has 3 fully saturated rings. The number of hydrogen-bond acceptors (Lipinski definition) is 9. The molecule has 3 rings (SSSR count). The van der Waals surface area contributed by atoms with E-state index < -0.39 is 24.5 Å². The number of fused-ring (bicyclic) bond motifs is 1. The summed E-state index contributed by atoms with van der Waals surface area (Å²) in [5.41, 5.74) is 5.91. The second kappa shape index (κ2) is 6.03. The van der Waals surface area contributed by atoms with Gasteiger partial charge in [-0.1, -0.05) is 0 Å². The van der Waals surface area contributed by atoms with Crippen molar-refractivity contribution in [3.05, 3.63) is 0 Å². The summed E-state index contributed by atoms with van der Waals surface area (Å²) in [6.07, 6.45) is -1.59. The molecule has 0 spiro atoms. The Hall–Kier alpha value is -0.360. The molecule has 7 N–H and O–H groups in total. The van der Waals surface area contributed by atoms with E-state index in [1.165, 1.54) is 0 Å². The second-order valence-corrected chi connectivity index (χ2v) is 6.16. The van der Waals surface area contributed by atoms with Crippen molar-refractivity contribution in [1.29, 1.82) is 0 Å². The van der Waals surface area contributed by atoms with Gasteiger partial charge < -0.3 is 20.7 Å². The minimum Gasteiger partial charge on any atom is -0.394 e. The Kier molecular flexibility index (Phi) is 4.46. The lowest BCUT2D eigenvalue weighted by atomic mass is 10.1. The molecule has 0 bridgehead atoms. The summed E-state index contributed by atoms with van der Waals surface area (Å²) in [5, 5.41) is 29.8. The van der Waals surface area contributed by atoms with Crippen LogP contribution in [0.4, 0.5) is 0 Å². The van der Waals surface area contributed by atoms with Crippen molar-refractivity contribution in [1.82, 2.24) is 25.8 Å². The number of aliphatic hydroxyl groups excluding tert-OH is 2. The van der Waals surface area contributed by atoms with Gasteiger partial charge >= 0.3 is 0 Å². The summed E-state index contributed by atoms with van der Waals surface area (Å²) in [6, 6.07) is -0.389. The van der Waals surface area contributed by atoms with E-state index in [9.17, 15) is 10.2 Å². The largest absolute Gasteiger partial charge is 0.394 e. The zero-order valence-electron chi connectivity index (χ0n) is 12.4. The number of likely N-dealkylation sites (N-methyl/N-ethyl adjacent to an activating group) is 1. The SMILES string of the molecule is CN(C)C1NCNC2C1NCN2C1OC(CO)C(N)C1O. The molecule has 3 heterocycles. The van der Waals surface area contributed by atoms with Crippen LogP contribution in [-0.2, 0) is 4.74 Å². The van der Waals surface area contributed by atoms with Gasteiger partial charge in [0.2, 0.25) is 0 Å². The molecule has 122 valence electrons. The third-order valence-electron chi connectivity index (χ3n) is 4.66. The molecule has 7 atom stereocenters. The molecule has 9 nitrogen and oxygen atoms in total. The quantitative estimate of drug-likeness (QED) is 0.310. The average Bonchev–Trinajstić information content (AvgIpc) is 3.01. The number of rotatable bonds is 3. The van der Waals surface area contributed by atoms with Crippen LogP contribution in [-0.4, -0.2) is 96.9 Å². The van der Waals surface area contributed by atoms with E-state index in [1.54, 1.807) is 0 Å². The van der Waals surface area contributed by atoms with Crippen molar-refractivity contribution in [2.45, 2.75) is 42.9 Å². The number of nitrogens with zero attached hydrogens (tertiary/aromatic N) is 2. The molecule has 0 amide bonds. The number of hydrogen-bond donors (Lipinski definition) is 6. The van der Waals surface area contributed by atoms with Crippen molar-refractivity contribution in [2.75, 3.05) is 34.0 Å². The number of ether oxygens (including phenoxy) is 1. The highest BCUT2D eigenvalue weighted by Gasteiger charge is 2.51. The predicted octanol–water partition coefficient (Wildman–Crippen LogP) is -4.01. The third-order valence-corrected chi connectivity index (χ3v) is 4.66. The molecule has 0 aromatic carbocycles. The molecule has 0 saturated carbocycles. The first-order valence-electron chi connectivity index (χ1n) is 7.37. The van der Waals surface area contributed by atoms with E-state index in [0.29, 0.717) is 13.3 Å². The molecule has 21 heavy (non-hydrogen) atoms. The lowest BCUT2D eigenvalue weighted by Gasteiger charge is -2.42. The summed E-state index contributed by atoms with van der Waals surface area (Å²) in [7, 11) is 4.06. The Balaban J connectivity index is 1.73. The topological polar surface area (TPSA) is 118 Å². The Bertz CT molecular complexity index is 373. The van der Waals surface area contributed by atoms with E-state index in [2.05, 4.69) is 20.9 Å². The first-order valence-corrected chi connectivity index (χ1v) is 7.37. The zero-order chi connectivity index (χ0) is 15.1. The van der Waals surface area contributed by atoms with Crippen LogP contribution in [0.2, 0.25) is 0 Å². The van der Waals surface area contributed by atoms with Crippen LogP contribution in [0.1, 0.15) is 0 Å². The fourth-order valence-corrected chi connectivity index (χ4v) is 3.50. The fraction of sp³-hybridized carbons (Fsp3) is 1.00. The van der Waals surface area contributed by atoms with Gasteiger partial charge in [0, 0.05) is 6.67 Å². The fourth-order valence-electron chi connectivity index (χ4n) is 3.50. The Labute approximate surface area is 124 Å². The van der Waals surface area contributed by atoms with Gasteiger partial charge in [-0.25, -0.2) is 4.90 Å². The number of nitrogens with one attached hydrogen (secondary N) is 3. The van der Waals surface area contributed by atoms with Gasteiger partial charge in [-0.3, -0.25) is 20.9 Å². The molecule has 7 unspecified atom stereocenters. The van der Waals surface area contributed by atoms with Gasteiger partial charge in [-0.05, 0) is 14.1 Å². The van der Waals surface area contributed by atoms with Crippen LogP contribution in [0.3, 0.4) is 0 Å². The van der Waals surface area contributed by atoms with E-state index in [4.69, 9.17) is 10.5 Å². The van der Waals surface area contributed by atoms with Gasteiger partial charge in [0.1, 0.15) is 18.4 Å². The van der Waals surface area contributed by atoms with Gasteiger partial charge in [-0.15, -0.1) is 0 Å². The van der Waals surface area contributed by atoms with Crippen molar-refractivity contribution in [3.8, 4) is 0 Å². The maximum atomic E-state index is 10.3. The normalized spacial score (nSPS) is 48.0. The van der Waals surface area contributed by atoms with Crippen LogP contribution in [0.25, 0.3) is 0 Å². The van der Waals surface area contributed by atoms with Crippen molar-refractivity contribution >= 4 is 0 Å². The van der Waals surface area contributed by atoms with Crippen LogP contribution in [0.5, 0.6) is 0 Å². The van der Waals surface area contributed by atoms with Crippen LogP contribution < -0.4 is 21.7 Å². The first-order chi connectivity index (χ1) is 10.0. The minimum atomic E-state index is -0.808. The molecule has 9 heteroatoms. The molecule has 0 radical (unpaired) electrons. The van der Waals surface area contributed by atoms with E-state index >= 15 is 0 Å². The molecule has 3 aliphatic heterocycles. The van der Waals surface area contributed by atoms with E-state index in [1.807, 2.05) is 19.0 Å². The summed E-state index contributed by atoms with van der Waals surface area (Å²) in [4.78, 5) is 4.17. The van der Waals surface area contributed by atoms with Crippen molar-refractivity contribution in [2.24, 2.45) is 5.73 Å². The molecular formula is C12H26N6O3. The van der Waals surface area contributed by atoms with E-state index in [0.717, 1.165) is 0 Å². The average molecular weight is 302 g/mol. The second-order valence-electron chi connectivity index (χ2n) is 6.16. The van der Waals surface area contributed by atoms with Crippen molar-refractivity contribution < 1.29 is 14.9 Å². The summed E-state index contributed by atoms with van der Waals surface area (Å²) in [5.74, 6) is 0. The number of aliphatic hydroxyl groups is 2. The molecular weight excluding hydrogens is 276 g/mol. The first kappa shape index (κ1) is 15.5. The van der Waals surface area contributed by atoms with Crippen molar-refractivity contribution in [3.63, 3.8) is 0 Å². The Morgan fingerprint density at radius 3 is 2.71 bits per heavy atom. The monoisotopic (exact) mass is 302 g/mol. The van der Waals surface area contributed by atoms with Gasteiger partial charge in [0.05, 0.1) is 37.7 Å². The molecule has 0 aromatic rings. The summed E-state index contributed by atoms with van der Waals surface area (Å²) < 4.78 is 5.75. The maximum absolute atomic E-state index is 10.3. The van der Waals surface area contributed by atoms with Gasteiger partial charge in [-0.2, -0.15) is 0 Å². The standard InChI is InChI=1S/C12H26N6O3/c1-17(2)10-8-11(15-4-14-10)18(5-16-8)12-9(20)7(13)6(3-19)21-12/h6-12,14-16,19-20H,3-5,13H2,1-2H3. The van der Waals surface area contributed by atoms with Crippen LogP contribution >= 0.6 is 0 Å². The highest BCUT2D eigenvalue weighted by Crippen LogP contribution is 2.27. The molecule has 0 aliphatic carbocycles. The zero-order valence-corrected chi connectivity index (χ0v) is 12.4. The molecule has 3 saturated heterocycles. The van der Waals surface area contributed by atoms with Crippen LogP contribution in [0, 0.1) is 0 Å². The van der Waals surface area contributed by atoms with Gasteiger partial charge in [0.15, 0.2) is 0 Å². The Morgan fingerprint density at radius 2 is 2.10 bits per heavy atom. The number of nitrogens with two attached hydrogens (primary N) is 1. The molecule has 3 aliphatic rings. The predicted molar refractivity (Wildman–Crippen MR) is 75.8 cm³/mol. The smallest absolute Gasteiger partial charge is 0.141 e. The van der Waals surface area contributed by atoms with E-state index in [-0.39, 0.29) is 25.0 Å². The minimum absolute atomic E-state index is 0.0444. The lowest BCUT2D eigenvalue weighted by molar-refractivity contribution is -0.111. The summed E-state index contributed by atoms with van der Waals surface area (Å²) >= 11 is 0. The highest BCUT2D eigenvalue weighted by atomic mass is 16.5. The van der Waals surface area contributed by atoms with Crippen LogP contribution in [0.15, 0.2) is 0 Å². The Morgan fingerprint density at radius 1 is 1.33 bits per heavy atom. The lowest BCUT2D eigenvalue weighted by Crippen LogP contribution is -2.69. The maximum Gasteiger partial charge on any atom is 0.141 e. The summed E-state index contributed by atoms with van der Waals surface area (Å²) in [6.45, 7) is 1.10. The third kappa shape index (κ3) is 2.58. The van der Waals surface area contributed by atoms with Gasteiger partial charge in [0.25, 0.3) is 0 Å². The molecule has 0 aromatic heterocycles. The highest BCUT2D eigenvalue weighted by molar-refractivity contribution is 5.02.